The number of ether oxygens (including phenoxy) is 1. The second-order valence-corrected chi connectivity index (χ2v) is 6.64. The number of nitrogens with zero attached hydrogens (tertiary/aromatic N) is 2. The first-order chi connectivity index (χ1) is 11.5. The first kappa shape index (κ1) is 18.6. The van der Waals surface area contributed by atoms with Gasteiger partial charge in [0.1, 0.15) is 5.38 Å². The third-order valence-corrected chi connectivity index (χ3v) is 4.15. The molecule has 0 aliphatic carbocycles. The number of aryl methyl sites for hydroxylation is 1. The van der Waals surface area contributed by atoms with Crippen molar-refractivity contribution in [2.45, 2.75) is 32.3 Å². The van der Waals surface area contributed by atoms with Crippen molar-refractivity contribution in [2.75, 3.05) is 20.3 Å². The average Bonchev–Trinajstić information content (AvgIpc) is 2.99. The lowest BCUT2D eigenvalue weighted by atomic mass is 10.1. The molecule has 1 heterocycles. The number of carbonyl (C=O) groups is 1. The van der Waals surface area contributed by atoms with Crippen LogP contribution in [0.2, 0.25) is 0 Å². The molecule has 5 heteroatoms. The van der Waals surface area contributed by atoms with Crippen LogP contribution in [-0.2, 0) is 22.6 Å². The van der Waals surface area contributed by atoms with E-state index in [0.717, 1.165) is 12.2 Å². The van der Waals surface area contributed by atoms with Gasteiger partial charge in [0.15, 0.2) is 0 Å². The fourth-order valence-corrected chi connectivity index (χ4v) is 2.69. The van der Waals surface area contributed by atoms with Crippen molar-refractivity contribution in [3.63, 3.8) is 0 Å². The van der Waals surface area contributed by atoms with Crippen molar-refractivity contribution in [3.05, 3.63) is 59.4 Å². The predicted molar refractivity (Wildman–Crippen MR) is 97.3 cm³/mol. The van der Waals surface area contributed by atoms with Crippen LogP contribution in [0.4, 0.5) is 0 Å². The number of alkyl halides is 1. The van der Waals surface area contributed by atoms with Gasteiger partial charge in [-0.3, -0.25) is 4.79 Å². The molecule has 0 unspecified atom stereocenters. The summed E-state index contributed by atoms with van der Waals surface area (Å²) < 4.78 is 7.28. The molecule has 0 aliphatic rings. The topological polar surface area (TPSA) is 34.5 Å². The molecule has 1 aromatic heterocycles. The van der Waals surface area contributed by atoms with Crippen LogP contribution in [0.25, 0.3) is 0 Å². The molecule has 24 heavy (non-hydrogen) atoms. The summed E-state index contributed by atoms with van der Waals surface area (Å²) in [6.07, 6.45) is 2.04. The zero-order valence-corrected chi connectivity index (χ0v) is 15.3. The summed E-state index contributed by atoms with van der Waals surface area (Å²) in [4.78, 5) is 14.1. The highest BCUT2D eigenvalue weighted by Crippen LogP contribution is 2.13. The lowest BCUT2D eigenvalue weighted by molar-refractivity contribution is -0.131. The molecule has 0 radical (unpaired) electrons. The molecule has 0 fully saturated rings. The summed E-state index contributed by atoms with van der Waals surface area (Å²) in [6, 6.07) is 12.5. The molecule has 0 N–H and O–H groups in total. The van der Waals surface area contributed by atoms with Gasteiger partial charge in [-0.15, -0.1) is 11.6 Å². The molecule has 1 amide bonds. The number of aromatic nitrogens is 1. The normalized spacial score (nSPS) is 12.2. The van der Waals surface area contributed by atoms with Gasteiger partial charge in [0, 0.05) is 32.1 Å². The van der Waals surface area contributed by atoms with E-state index in [1.807, 2.05) is 18.3 Å². The molecule has 2 rings (SSSR count). The molecule has 0 aliphatic heterocycles. The van der Waals surface area contributed by atoms with Gasteiger partial charge in [-0.2, -0.15) is 0 Å². The Bertz CT molecular complexity index is 650. The van der Waals surface area contributed by atoms with E-state index >= 15 is 0 Å². The van der Waals surface area contributed by atoms with Crippen LogP contribution in [0.5, 0.6) is 0 Å². The highest BCUT2D eigenvalue weighted by Gasteiger charge is 2.19. The third kappa shape index (κ3) is 5.11. The monoisotopic (exact) mass is 348 g/mol. The maximum absolute atomic E-state index is 12.3. The van der Waals surface area contributed by atoms with Crippen molar-refractivity contribution in [1.29, 1.82) is 0 Å². The van der Waals surface area contributed by atoms with Gasteiger partial charge in [-0.1, -0.05) is 29.8 Å². The number of benzene rings is 1. The van der Waals surface area contributed by atoms with Crippen LogP contribution in [0.15, 0.2) is 42.6 Å². The van der Waals surface area contributed by atoms with Crippen molar-refractivity contribution >= 4 is 17.5 Å². The molecule has 130 valence electrons. The van der Waals surface area contributed by atoms with Gasteiger partial charge >= 0.3 is 0 Å². The summed E-state index contributed by atoms with van der Waals surface area (Å²) in [5.74, 6) is -0.0724. The highest BCUT2D eigenvalue weighted by molar-refractivity contribution is 6.30. The quantitative estimate of drug-likeness (QED) is 0.685. The molecule has 4 nitrogen and oxygen atoms in total. The Morgan fingerprint density at radius 3 is 2.62 bits per heavy atom. The van der Waals surface area contributed by atoms with Crippen LogP contribution in [0.1, 0.15) is 23.7 Å². The van der Waals surface area contributed by atoms with Crippen LogP contribution in [-0.4, -0.2) is 41.0 Å². The average molecular weight is 349 g/mol. The summed E-state index contributed by atoms with van der Waals surface area (Å²) in [5.41, 5.74) is 3.56. The Hall–Kier alpha value is -1.78. The van der Waals surface area contributed by atoms with E-state index in [1.54, 1.807) is 18.9 Å². The fourth-order valence-electron chi connectivity index (χ4n) is 2.55. The number of amides is 1. The van der Waals surface area contributed by atoms with E-state index in [2.05, 4.69) is 35.8 Å². The molecule has 2 aromatic rings. The minimum absolute atomic E-state index is 0.0724. The number of hydrogen-bond acceptors (Lipinski definition) is 2. The largest absolute Gasteiger partial charge is 0.383 e. The van der Waals surface area contributed by atoms with Crippen molar-refractivity contribution < 1.29 is 9.53 Å². The Balaban J connectivity index is 2.11. The number of carbonyl (C=O) groups excluding carboxylic acids is 1. The number of methoxy groups -OCH3 is 1. The van der Waals surface area contributed by atoms with E-state index in [1.165, 1.54) is 11.1 Å². The van der Waals surface area contributed by atoms with Gasteiger partial charge in [0.05, 0.1) is 13.2 Å². The van der Waals surface area contributed by atoms with Gasteiger partial charge in [-0.25, -0.2) is 0 Å². The van der Waals surface area contributed by atoms with Gasteiger partial charge in [0.25, 0.3) is 0 Å². The van der Waals surface area contributed by atoms with Gasteiger partial charge in [-0.05, 0) is 31.5 Å². The summed E-state index contributed by atoms with van der Waals surface area (Å²) in [7, 11) is 1.63. The minimum atomic E-state index is -0.539. The Kier molecular flexibility index (Phi) is 6.88. The smallest absolute Gasteiger partial charge is 0.240 e. The van der Waals surface area contributed by atoms with Gasteiger partial charge in [0.2, 0.25) is 5.91 Å². The summed E-state index contributed by atoms with van der Waals surface area (Å²) in [5, 5.41) is -0.539. The first-order valence-corrected chi connectivity index (χ1v) is 8.56. The van der Waals surface area contributed by atoms with E-state index < -0.39 is 5.38 Å². The van der Waals surface area contributed by atoms with Crippen molar-refractivity contribution in [3.8, 4) is 0 Å². The van der Waals surface area contributed by atoms with Crippen molar-refractivity contribution in [1.82, 2.24) is 9.47 Å². The first-order valence-electron chi connectivity index (χ1n) is 8.12. The maximum Gasteiger partial charge on any atom is 0.240 e. The molecule has 0 bridgehead atoms. The van der Waals surface area contributed by atoms with E-state index in [4.69, 9.17) is 16.3 Å². The summed E-state index contributed by atoms with van der Waals surface area (Å²) in [6.45, 7) is 6.12. The Morgan fingerprint density at radius 1 is 1.29 bits per heavy atom. The minimum Gasteiger partial charge on any atom is -0.383 e. The summed E-state index contributed by atoms with van der Waals surface area (Å²) >= 11 is 5.99. The SMILES string of the molecule is COCCN(Cc1cccn1Cc1ccc(C)cc1)C(=O)[C@H](C)Cl. The van der Waals surface area contributed by atoms with E-state index in [-0.39, 0.29) is 5.91 Å². The molecular formula is C19H25ClN2O2. The Labute approximate surface area is 149 Å². The van der Waals surface area contributed by atoms with Crippen LogP contribution < -0.4 is 0 Å². The predicted octanol–water partition coefficient (Wildman–Crippen LogP) is 3.45. The van der Waals surface area contributed by atoms with Crippen LogP contribution in [0, 0.1) is 6.92 Å². The molecular weight excluding hydrogens is 324 g/mol. The van der Waals surface area contributed by atoms with Crippen LogP contribution in [0.3, 0.4) is 0 Å². The molecule has 0 saturated heterocycles. The van der Waals surface area contributed by atoms with E-state index in [0.29, 0.717) is 19.7 Å². The van der Waals surface area contributed by atoms with E-state index in [9.17, 15) is 4.79 Å². The van der Waals surface area contributed by atoms with Crippen LogP contribution >= 0.6 is 11.6 Å². The zero-order valence-electron chi connectivity index (χ0n) is 14.5. The maximum atomic E-state index is 12.3. The molecule has 1 aromatic carbocycles. The fraction of sp³-hybridized carbons (Fsp3) is 0.421. The third-order valence-electron chi connectivity index (χ3n) is 3.97. The lowest BCUT2D eigenvalue weighted by Gasteiger charge is -2.24. The Morgan fingerprint density at radius 2 is 2.00 bits per heavy atom. The second-order valence-electron chi connectivity index (χ2n) is 5.98. The second kappa shape index (κ2) is 8.90. The number of rotatable bonds is 8. The number of hydrogen-bond donors (Lipinski definition) is 0. The number of halogens is 1. The zero-order chi connectivity index (χ0) is 17.5. The van der Waals surface area contributed by atoms with Gasteiger partial charge < -0.3 is 14.2 Å². The van der Waals surface area contributed by atoms with Crippen molar-refractivity contribution in [2.24, 2.45) is 0 Å². The standard InChI is InChI=1S/C19H25ClN2O2/c1-15-6-8-17(9-7-15)13-21-10-4-5-18(21)14-22(11-12-24-3)19(23)16(2)20/h4-10,16H,11-14H2,1-3H3/t16-/m0/s1. The molecule has 1 atom stereocenters. The molecule has 0 saturated carbocycles. The lowest BCUT2D eigenvalue weighted by Crippen LogP contribution is -2.38. The molecule has 0 spiro atoms. The highest BCUT2D eigenvalue weighted by atomic mass is 35.5.